The minimum Gasteiger partial charge on any atom is -0.499 e. The van der Waals surface area contributed by atoms with Crippen LogP contribution in [0.1, 0.15) is 6.42 Å². The van der Waals surface area contributed by atoms with Gasteiger partial charge in [-0.3, -0.25) is 19.3 Å². The summed E-state index contributed by atoms with van der Waals surface area (Å²) in [6, 6.07) is 0. The molecular formula is C13H14N2O4. The van der Waals surface area contributed by atoms with Crippen LogP contribution in [0, 0.1) is 0 Å². The number of methoxy groups -OCH3 is 1. The predicted octanol–water partition coefficient (Wildman–Crippen LogP) is 0.188. The minimum absolute atomic E-state index is 0.122. The van der Waals surface area contributed by atoms with Gasteiger partial charge in [0.05, 0.1) is 13.7 Å². The van der Waals surface area contributed by atoms with Crippen LogP contribution in [0.15, 0.2) is 35.8 Å². The van der Waals surface area contributed by atoms with Gasteiger partial charge >= 0.3 is 0 Å². The molecule has 19 heavy (non-hydrogen) atoms. The predicted molar refractivity (Wildman–Crippen MR) is 66.4 cm³/mol. The van der Waals surface area contributed by atoms with Gasteiger partial charge in [0.15, 0.2) is 0 Å². The second-order valence-electron chi connectivity index (χ2n) is 4.36. The molecule has 2 aliphatic heterocycles. The van der Waals surface area contributed by atoms with Crippen LogP contribution >= 0.6 is 0 Å². The van der Waals surface area contributed by atoms with Crippen molar-refractivity contribution < 1.29 is 19.1 Å². The number of nitrogens with zero attached hydrogens (tertiary/aromatic N) is 2. The van der Waals surface area contributed by atoms with Crippen molar-refractivity contribution in [1.82, 2.24) is 9.80 Å². The molecule has 0 saturated carbocycles. The van der Waals surface area contributed by atoms with Crippen LogP contribution in [-0.2, 0) is 19.1 Å². The zero-order valence-corrected chi connectivity index (χ0v) is 10.8. The fourth-order valence-electron chi connectivity index (χ4n) is 1.95. The van der Waals surface area contributed by atoms with Gasteiger partial charge in [-0.1, -0.05) is 6.58 Å². The number of hydrogen-bond acceptors (Lipinski definition) is 4. The second kappa shape index (κ2) is 4.72. The highest BCUT2D eigenvalue weighted by Crippen LogP contribution is 2.24. The summed E-state index contributed by atoms with van der Waals surface area (Å²) >= 11 is 0. The molecule has 0 bridgehead atoms. The fourth-order valence-corrected chi connectivity index (χ4v) is 1.95. The number of likely N-dealkylation sites (N-methyl/N-ethyl adjacent to an activating group) is 1. The zero-order valence-electron chi connectivity index (χ0n) is 10.8. The molecule has 1 fully saturated rings. The van der Waals surface area contributed by atoms with E-state index in [-0.39, 0.29) is 12.5 Å². The molecule has 0 N–H and O–H groups in total. The van der Waals surface area contributed by atoms with E-state index in [1.54, 1.807) is 7.05 Å². The van der Waals surface area contributed by atoms with E-state index in [9.17, 15) is 14.4 Å². The zero-order chi connectivity index (χ0) is 14.2. The van der Waals surface area contributed by atoms with E-state index in [0.29, 0.717) is 23.5 Å². The number of likely N-dealkylation sites (tertiary alicyclic amines) is 1. The summed E-state index contributed by atoms with van der Waals surface area (Å²) in [6.45, 7) is 3.75. The Morgan fingerprint density at radius 2 is 2.16 bits per heavy atom. The van der Waals surface area contributed by atoms with Crippen LogP contribution in [0.4, 0.5) is 0 Å². The molecule has 0 unspecified atom stereocenters. The van der Waals surface area contributed by atoms with Crippen molar-refractivity contribution in [3.05, 3.63) is 35.8 Å². The first-order valence-electron chi connectivity index (χ1n) is 5.70. The molecule has 2 rings (SSSR count). The van der Waals surface area contributed by atoms with E-state index in [4.69, 9.17) is 4.74 Å². The Balaban J connectivity index is 2.13. The highest BCUT2D eigenvalue weighted by Gasteiger charge is 2.30. The number of rotatable bonds is 2. The number of carbonyl (C=O) groups excluding carboxylic acids is 3. The molecule has 2 heterocycles. The van der Waals surface area contributed by atoms with E-state index in [1.807, 2.05) is 0 Å². The third kappa shape index (κ3) is 2.29. The number of carbonyl (C=O) groups is 3. The monoisotopic (exact) mass is 262 g/mol. The topological polar surface area (TPSA) is 66.9 Å². The number of allylic oxidation sites excluding steroid dienone is 1. The van der Waals surface area contributed by atoms with Gasteiger partial charge in [-0.15, -0.1) is 0 Å². The Labute approximate surface area is 110 Å². The average Bonchev–Trinajstić information content (AvgIpc) is 2.86. The van der Waals surface area contributed by atoms with E-state index >= 15 is 0 Å². The smallest absolute Gasteiger partial charge is 0.257 e. The minimum atomic E-state index is -0.461. The van der Waals surface area contributed by atoms with Crippen LogP contribution < -0.4 is 0 Å². The lowest BCUT2D eigenvalue weighted by atomic mass is 10.2. The van der Waals surface area contributed by atoms with Crippen LogP contribution in [0.3, 0.4) is 0 Å². The van der Waals surface area contributed by atoms with Gasteiger partial charge in [-0.05, 0) is 0 Å². The van der Waals surface area contributed by atoms with Crippen molar-refractivity contribution in [3.8, 4) is 0 Å². The molecule has 0 aromatic rings. The second-order valence-corrected chi connectivity index (χ2v) is 4.36. The van der Waals surface area contributed by atoms with Gasteiger partial charge < -0.3 is 9.64 Å². The molecular weight excluding hydrogens is 248 g/mol. The molecule has 0 atom stereocenters. The van der Waals surface area contributed by atoms with Gasteiger partial charge in [0.1, 0.15) is 5.76 Å². The molecule has 0 radical (unpaired) electrons. The lowest BCUT2D eigenvalue weighted by molar-refractivity contribution is -0.137. The Morgan fingerprint density at radius 1 is 1.47 bits per heavy atom. The summed E-state index contributed by atoms with van der Waals surface area (Å²) in [5.41, 5.74) is 0.976. The summed E-state index contributed by atoms with van der Waals surface area (Å²) < 4.78 is 4.93. The van der Waals surface area contributed by atoms with Gasteiger partial charge in [-0.25, -0.2) is 0 Å². The molecule has 100 valence electrons. The summed E-state index contributed by atoms with van der Waals surface area (Å²) in [5, 5.41) is 0. The van der Waals surface area contributed by atoms with Crippen LogP contribution in [0.2, 0.25) is 0 Å². The quantitative estimate of drug-likeness (QED) is 0.666. The van der Waals surface area contributed by atoms with Crippen molar-refractivity contribution in [3.63, 3.8) is 0 Å². The maximum atomic E-state index is 12.0. The molecule has 0 aromatic carbocycles. The number of hydrogen-bond donors (Lipinski definition) is 0. The molecule has 0 aliphatic carbocycles. The highest BCUT2D eigenvalue weighted by atomic mass is 16.5. The Hall–Kier alpha value is -2.37. The first-order chi connectivity index (χ1) is 8.93. The number of imide groups is 1. The lowest BCUT2D eigenvalue weighted by Gasteiger charge is -2.14. The summed E-state index contributed by atoms with van der Waals surface area (Å²) in [7, 11) is 3.02. The Morgan fingerprint density at radius 3 is 2.63 bits per heavy atom. The van der Waals surface area contributed by atoms with Crippen LogP contribution in [0.5, 0.6) is 0 Å². The van der Waals surface area contributed by atoms with Crippen LogP contribution in [0.25, 0.3) is 0 Å². The summed E-state index contributed by atoms with van der Waals surface area (Å²) in [6.07, 6.45) is 2.90. The molecule has 0 spiro atoms. The van der Waals surface area contributed by atoms with Crippen molar-refractivity contribution in [2.45, 2.75) is 6.42 Å². The van der Waals surface area contributed by atoms with Crippen molar-refractivity contribution >= 4 is 17.7 Å². The third-order valence-electron chi connectivity index (χ3n) is 3.12. The molecule has 6 nitrogen and oxygen atoms in total. The number of amides is 3. The molecule has 1 saturated heterocycles. The third-order valence-corrected chi connectivity index (χ3v) is 3.12. The Bertz CT molecular complexity index is 545. The van der Waals surface area contributed by atoms with Gasteiger partial charge in [0, 0.05) is 36.9 Å². The van der Waals surface area contributed by atoms with Crippen molar-refractivity contribution in [1.29, 1.82) is 0 Å². The maximum Gasteiger partial charge on any atom is 0.257 e. The average molecular weight is 262 g/mol. The standard InChI is InChI=1S/C13H14N2O4/c1-8-4-9(14(2)13(8)18)5-11(16)15-7-10(19-3)6-12(15)17/h5-6H,1,4,7H2,2-3H3/b9-5-. The lowest BCUT2D eigenvalue weighted by Crippen LogP contribution is -2.32. The van der Waals surface area contributed by atoms with Crippen molar-refractivity contribution in [2.24, 2.45) is 0 Å². The SMILES string of the molecule is C=C1C/C(=C/C(=O)N2CC(OC)=CC2=O)N(C)C1=O. The molecule has 0 aromatic heterocycles. The summed E-state index contributed by atoms with van der Waals surface area (Å²) in [4.78, 5) is 37.6. The van der Waals surface area contributed by atoms with Gasteiger partial charge in [0.2, 0.25) is 0 Å². The van der Waals surface area contributed by atoms with Gasteiger partial charge in [0.25, 0.3) is 17.7 Å². The first kappa shape index (κ1) is 13.1. The normalized spacial score (nSPS) is 21.5. The van der Waals surface area contributed by atoms with E-state index in [0.717, 1.165) is 4.90 Å². The molecule has 3 amide bonds. The van der Waals surface area contributed by atoms with E-state index < -0.39 is 11.8 Å². The van der Waals surface area contributed by atoms with Crippen LogP contribution in [-0.4, -0.2) is 48.2 Å². The van der Waals surface area contributed by atoms with E-state index in [1.165, 1.54) is 24.2 Å². The first-order valence-corrected chi connectivity index (χ1v) is 5.70. The molecule has 6 heteroatoms. The van der Waals surface area contributed by atoms with E-state index in [2.05, 4.69) is 6.58 Å². The highest BCUT2D eigenvalue weighted by molar-refractivity contribution is 6.08. The fraction of sp³-hybridized carbons (Fsp3) is 0.308. The number of ether oxygens (including phenoxy) is 1. The largest absolute Gasteiger partial charge is 0.499 e. The maximum absolute atomic E-state index is 12.0. The van der Waals surface area contributed by atoms with Crippen molar-refractivity contribution in [2.75, 3.05) is 20.7 Å². The Kier molecular flexibility index (Phi) is 3.25. The molecule has 2 aliphatic rings. The summed E-state index contributed by atoms with van der Waals surface area (Å²) in [5.74, 6) is -0.637. The van der Waals surface area contributed by atoms with Gasteiger partial charge in [-0.2, -0.15) is 0 Å².